The number of fused-ring (bicyclic) bond motifs is 14. The molecule has 0 atom stereocenters. The predicted molar refractivity (Wildman–Crippen MR) is 363 cm³/mol. The third-order valence-electron chi connectivity index (χ3n) is 18.1. The highest BCUT2D eigenvalue weighted by Gasteiger charge is 2.37. The van der Waals surface area contributed by atoms with Gasteiger partial charge >= 0.3 is 0 Å². The molecule has 0 amide bonds. The minimum atomic E-state index is -3.94. The second-order valence-electron chi connectivity index (χ2n) is 23.5. The molecule has 11 heteroatoms. The summed E-state index contributed by atoms with van der Waals surface area (Å²) in [5, 5.41) is 15.9. The number of aromatic nitrogens is 6. The second kappa shape index (κ2) is 20.2. The van der Waals surface area contributed by atoms with E-state index in [4.69, 9.17) is 15.0 Å². The fourth-order valence-corrected chi connectivity index (χ4v) is 15.2. The highest BCUT2D eigenvalue weighted by molar-refractivity contribution is 7.91. The standard InChI is InChI=1S/C79H52N8O2S/c1-79(2)63-26-12-17-31-68(63)84(69-32-18-13-27-64(69)79)54-39-41-56(42-40-54)86-66-29-15-10-24-61(66)70-73-71(75-72(74(70)86)62-25-11-16-30-67(62)87(75)57-43-47-59(48-44-57)90(88,89)58-45-33-50(49-80)34-46-58)60-23-9-14-28-65(60)85(73)55-37-35-53(36-38-55)78-82-76(51-19-5-3-6-20-51)81-77(83-78)52-21-7-4-8-22-52/h3-48H,1-2H3. The molecule has 0 N–H and O–H groups in total. The van der Waals surface area contributed by atoms with Gasteiger partial charge in [-0.3, -0.25) is 0 Å². The summed E-state index contributed by atoms with van der Waals surface area (Å²) in [6.07, 6.45) is 0. The van der Waals surface area contributed by atoms with Gasteiger partial charge in [-0.15, -0.1) is 0 Å². The summed E-state index contributed by atoms with van der Waals surface area (Å²) in [6, 6.07) is 96.5. The lowest BCUT2D eigenvalue weighted by atomic mass is 9.73. The smallest absolute Gasteiger partial charge is 0.206 e. The van der Waals surface area contributed by atoms with Crippen molar-refractivity contribution in [1.82, 2.24) is 28.7 Å². The maximum atomic E-state index is 14.3. The molecule has 0 saturated carbocycles. The first-order valence-corrected chi connectivity index (χ1v) is 31.5. The van der Waals surface area contributed by atoms with Crippen LogP contribution in [0.25, 0.3) is 117 Å². The van der Waals surface area contributed by atoms with E-state index in [0.29, 0.717) is 23.0 Å². The molecule has 16 aromatic rings. The van der Waals surface area contributed by atoms with Gasteiger partial charge in [0.05, 0.1) is 65.9 Å². The third-order valence-corrected chi connectivity index (χ3v) is 19.9. The number of sulfone groups is 1. The van der Waals surface area contributed by atoms with Crippen LogP contribution >= 0.6 is 0 Å². The van der Waals surface area contributed by atoms with Crippen LogP contribution in [0.1, 0.15) is 30.5 Å². The summed E-state index contributed by atoms with van der Waals surface area (Å²) < 4.78 is 35.8. The van der Waals surface area contributed by atoms with Gasteiger partial charge in [0.15, 0.2) is 17.5 Å². The number of nitrogens with zero attached hydrogens (tertiary/aromatic N) is 8. The average molecular weight is 1180 g/mol. The summed E-state index contributed by atoms with van der Waals surface area (Å²) in [5.74, 6) is 1.74. The van der Waals surface area contributed by atoms with Crippen LogP contribution in [0, 0.1) is 11.3 Å². The Labute approximate surface area is 518 Å². The van der Waals surface area contributed by atoms with Crippen molar-refractivity contribution >= 4 is 92.3 Å². The molecule has 1 aliphatic heterocycles. The van der Waals surface area contributed by atoms with E-state index in [0.717, 1.165) is 116 Å². The molecule has 0 bridgehead atoms. The number of anilines is 3. The molecule has 90 heavy (non-hydrogen) atoms. The molecule has 0 unspecified atom stereocenters. The largest absolute Gasteiger partial charge is 0.310 e. The fourth-order valence-electron chi connectivity index (χ4n) is 14.0. The molecule has 4 aromatic heterocycles. The second-order valence-corrected chi connectivity index (χ2v) is 25.4. The van der Waals surface area contributed by atoms with Crippen molar-refractivity contribution in [1.29, 1.82) is 5.26 Å². The van der Waals surface area contributed by atoms with E-state index in [9.17, 15) is 13.7 Å². The topological polar surface area (TPSA) is 115 Å². The van der Waals surface area contributed by atoms with Crippen molar-refractivity contribution in [2.24, 2.45) is 0 Å². The zero-order valence-corrected chi connectivity index (χ0v) is 49.7. The molecule has 1 aliphatic rings. The zero-order chi connectivity index (χ0) is 60.4. The predicted octanol–water partition coefficient (Wildman–Crippen LogP) is 19.0. The first-order valence-electron chi connectivity index (χ1n) is 30.0. The zero-order valence-electron chi connectivity index (χ0n) is 48.9. The van der Waals surface area contributed by atoms with Crippen LogP contribution in [0.3, 0.4) is 0 Å². The molecule has 0 saturated heterocycles. The van der Waals surface area contributed by atoms with Gasteiger partial charge in [-0.05, 0) is 139 Å². The minimum Gasteiger partial charge on any atom is -0.310 e. The highest BCUT2D eigenvalue weighted by Crippen LogP contribution is 2.53. The Kier molecular flexibility index (Phi) is 11.8. The van der Waals surface area contributed by atoms with Crippen LogP contribution in [-0.2, 0) is 15.3 Å². The van der Waals surface area contributed by atoms with Crippen LogP contribution in [0.4, 0.5) is 17.1 Å². The number of benzene rings is 12. The molecule has 0 radical (unpaired) electrons. The molecule has 10 nitrogen and oxygen atoms in total. The Morgan fingerprint density at radius 3 is 1.09 bits per heavy atom. The monoisotopic (exact) mass is 1180 g/mol. The van der Waals surface area contributed by atoms with E-state index in [2.05, 4.69) is 208 Å². The molecule has 0 aliphatic carbocycles. The van der Waals surface area contributed by atoms with E-state index in [1.54, 1.807) is 12.1 Å². The van der Waals surface area contributed by atoms with Crippen LogP contribution < -0.4 is 4.90 Å². The molecule has 5 heterocycles. The number of nitriles is 1. The molecular weight excluding hydrogens is 1120 g/mol. The lowest BCUT2D eigenvalue weighted by molar-refractivity contribution is 0.596. The van der Waals surface area contributed by atoms with Crippen molar-refractivity contribution in [3.05, 3.63) is 296 Å². The SMILES string of the molecule is CC1(C)c2ccccc2N(c2ccc(-n3c4ccccc4c4c5c(c6ccccc6n5-c5ccc(-c6nc(-c7ccccc7)nc(-c7ccccc7)n6)cc5)c5c(c6ccccc6n5-c5ccc(S(=O)(=O)c6ccc(C#N)cc6)cc5)c43)cc2)c2ccccc21. The van der Waals surface area contributed by atoms with Crippen molar-refractivity contribution in [3.63, 3.8) is 0 Å². The quantitative estimate of drug-likeness (QED) is 0.141. The summed E-state index contributed by atoms with van der Waals surface area (Å²) >= 11 is 0. The van der Waals surface area contributed by atoms with E-state index >= 15 is 0 Å². The summed E-state index contributed by atoms with van der Waals surface area (Å²) in [5.41, 5.74) is 17.5. The first kappa shape index (κ1) is 52.6. The van der Waals surface area contributed by atoms with Gasteiger partial charge < -0.3 is 18.6 Å². The Morgan fingerprint density at radius 2 is 0.678 bits per heavy atom. The van der Waals surface area contributed by atoms with Gasteiger partial charge in [0.2, 0.25) is 9.84 Å². The van der Waals surface area contributed by atoms with Gasteiger partial charge in [-0.1, -0.05) is 166 Å². The lowest BCUT2D eigenvalue weighted by Gasteiger charge is -2.42. The van der Waals surface area contributed by atoms with E-state index < -0.39 is 9.84 Å². The molecular formula is C79H52N8O2S. The molecule has 0 fully saturated rings. The van der Waals surface area contributed by atoms with E-state index in [-0.39, 0.29) is 15.2 Å². The van der Waals surface area contributed by atoms with Gasteiger partial charge in [-0.2, -0.15) is 5.26 Å². The van der Waals surface area contributed by atoms with Crippen molar-refractivity contribution in [2.75, 3.05) is 4.90 Å². The van der Waals surface area contributed by atoms with Crippen molar-refractivity contribution in [2.45, 2.75) is 29.1 Å². The van der Waals surface area contributed by atoms with Crippen LogP contribution in [0.5, 0.6) is 0 Å². The maximum Gasteiger partial charge on any atom is 0.206 e. The minimum absolute atomic E-state index is 0.119. The Morgan fingerprint density at radius 1 is 0.356 bits per heavy atom. The van der Waals surface area contributed by atoms with Gasteiger partial charge in [0.1, 0.15) is 0 Å². The molecule has 426 valence electrons. The average Bonchev–Trinajstić information content (AvgIpc) is 1.50. The third kappa shape index (κ3) is 7.95. The van der Waals surface area contributed by atoms with Crippen LogP contribution in [-0.4, -0.2) is 37.1 Å². The first-order chi connectivity index (χ1) is 44.1. The number of hydrogen-bond acceptors (Lipinski definition) is 7. The molecule has 17 rings (SSSR count). The van der Waals surface area contributed by atoms with Crippen LogP contribution in [0.2, 0.25) is 0 Å². The Balaban J connectivity index is 0.937. The number of para-hydroxylation sites is 5. The number of hydrogen-bond donors (Lipinski definition) is 0. The normalized spacial score (nSPS) is 12.9. The van der Waals surface area contributed by atoms with Gasteiger partial charge in [0.25, 0.3) is 0 Å². The summed E-state index contributed by atoms with van der Waals surface area (Å²) in [6.45, 7) is 4.63. The van der Waals surface area contributed by atoms with Crippen molar-refractivity contribution in [3.8, 4) is 57.3 Å². The Bertz CT molecular complexity index is 5640. The molecule has 0 spiro atoms. The summed E-state index contributed by atoms with van der Waals surface area (Å²) in [7, 11) is -3.94. The Hall–Kier alpha value is -11.7. The maximum absolute atomic E-state index is 14.3. The van der Waals surface area contributed by atoms with Crippen molar-refractivity contribution < 1.29 is 8.42 Å². The number of rotatable bonds is 9. The lowest BCUT2D eigenvalue weighted by Crippen LogP contribution is -2.30. The highest BCUT2D eigenvalue weighted by atomic mass is 32.2. The van der Waals surface area contributed by atoms with E-state index in [1.807, 2.05) is 72.8 Å². The van der Waals surface area contributed by atoms with Gasteiger partial charge in [-0.25, -0.2) is 23.4 Å². The van der Waals surface area contributed by atoms with E-state index in [1.165, 1.54) is 35.4 Å². The summed E-state index contributed by atoms with van der Waals surface area (Å²) in [4.78, 5) is 17.9. The molecule has 12 aromatic carbocycles. The fraction of sp³-hybridized carbons (Fsp3) is 0.0380. The van der Waals surface area contributed by atoms with Gasteiger partial charge in [0, 0.05) is 77.2 Å². The van der Waals surface area contributed by atoms with Crippen LogP contribution in [0.15, 0.2) is 289 Å².